The Hall–Kier alpha value is -1.15. The van der Waals surface area contributed by atoms with Crippen LogP contribution in [0.15, 0.2) is 51.8 Å². The molecule has 1 unspecified atom stereocenters. The average Bonchev–Trinajstić information content (AvgIpc) is 3.40. The summed E-state index contributed by atoms with van der Waals surface area (Å²) in [5.41, 5.74) is 0.910. The highest BCUT2D eigenvalue weighted by Gasteiger charge is 2.35. The van der Waals surface area contributed by atoms with Gasteiger partial charge < -0.3 is 5.32 Å². The molecule has 0 heterocycles. The number of rotatable bonds is 7. The first-order chi connectivity index (χ1) is 11.9. The second kappa shape index (κ2) is 7.61. The van der Waals surface area contributed by atoms with Crippen molar-refractivity contribution >= 4 is 43.2 Å². The van der Waals surface area contributed by atoms with E-state index < -0.39 is 20.7 Å². The van der Waals surface area contributed by atoms with Crippen molar-refractivity contribution < 1.29 is 12.8 Å². The number of hydrogen-bond donors (Lipinski definition) is 2. The molecule has 1 atom stereocenters. The Balaban J connectivity index is 1.76. The molecule has 1 aliphatic carbocycles. The Morgan fingerprint density at radius 3 is 2.56 bits per heavy atom. The Kier molecular flexibility index (Phi) is 5.68. The third-order valence-corrected chi connectivity index (χ3v) is 6.76. The van der Waals surface area contributed by atoms with Gasteiger partial charge in [0.25, 0.3) is 0 Å². The van der Waals surface area contributed by atoms with Gasteiger partial charge >= 0.3 is 0 Å². The number of hydrogen-bond acceptors (Lipinski definition) is 3. The Morgan fingerprint density at radius 1 is 1.24 bits per heavy atom. The van der Waals surface area contributed by atoms with Crippen molar-refractivity contribution in [3.05, 3.63) is 57.8 Å². The molecule has 0 aromatic heterocycles. The molecule has 4 nitrogen and oxygen atoms in total. The van der Waals surface area contributed by atoms with E-state index in [1.807, 2.05) is 30.3 Å². The molecule has 134 valence electrons. The van der Waals surface area contributed by atoms with Gasteiger partial charge in [-0.1, -0.05) is 29.8 Å². The van der Waals surface area contributed by atoms with E-state index >= 15 is 0 Å². The quantitative estimate of drug-likeness (QED) is 0.618. The van der Waals surface area contributed by atoms with E-state index in [-0.39, 0.29) is 17.0 Å². The van der Waals surface area contributed by atoms with Crippen LogP contribution < -0.4 is 10.0 Å². The van der Waals surface area contributed by atoms with Crippen LogP contribution in [0.25, 0.3) is 0 Å². The smallest absolute Gasteiger partial charge is 0.243 e. The van der Waals surface area contributed by atoms with Crippen LogP contribution in [0, 0.1) is 11.7 Å². The first-order valence-electron chi connectivity index (χ1n) is 7.82. The molecule has 2 aromatic carbocycles. The third kappa shape index (κ3) is 4.73. The second-order valence-electron chi connectivity index (χ2n) is 6.01. The summed E-state index contributed by atoms with van der Waals surface area (Å²) in [6.45, 7) is 0.435. The molecule has 2 aromatic rings. The molecule has 1 fully saturated rings. The molecule has 1 aliphatic rings. The predicted molar refractivity (Wildman–Crippen MR) is 101 cm³/mol. The molecule has 0 radical (unpaired) electrons. The summed E-state index contributed by atoms with van der Waals surface area (Å²) in [6.07, 6.45) is 1.91. The van der Waals surface area contributed by atoms with E-state index in [1.54, 1.807) is 0 Å². The first kappa shape index (κ1) is 18.6. The highest BCUT2D eigenvalue weighted by molar-refractivity contribution is 9.10. The van der Waals surface area contributed by atoms with Crippen LogP contribution >= 0.6 is 27.5 Å². The first-order valence-corrected chi connectivity index (χ1v) is 10.5. The predicted octanol–water partition coefficient (Wildman–Crippen LogP) is 4.41. The maximum atomic E-state index is 14.1. The van der Waals surface area contributed by atoms with Crippen molar-refractivity contribution in [1.82, 2.24) is 4.72 Å². The van der Waals surface area contributed by atoms with Gasteiger partial charge in [-0.05, 0) is 59.0 Å². The number of halogens is 3. The zero-order chi connectivity index (χ0) is 18.0. The zero-order valence-corrected chi connectivity index (χ0v) is 16.3. The Bertz CT molecular complexity index is 860. The lowest BCUT2D eigenvalue weighted by atomic mass is 10.2. The molecule has 8 heteroatoms. The van der Waals surface area contributed by atoms with Crippen molar-refractivity contribution in [3.63, 3.8) is 0 Å². The standard InChI is InChI=1S/C17H17BrClFN2O2S/c18-13-8-17(15(20)9-14(13)19)25(23,24)22-16(11-6-7-11)10-21-12-4-2-1-3-5-12/h1-5,8-9,11,16,21-22H,6-7,10H2. The number of nitrogens with one attached hydrogen (secondary N) is 2. The minimum Gasteiger partial charge on any atom is -0.383 e. The summed E-state index contributed by atoms with van der Waals surface area (Å²) in [7, 11) is -3.99. The monoisotopic (exact) mass is 446 g/mol. The fourth-order valence-corrected chi connectivity index (χ4v) is 4.60. The van der Waals surface area contributed by atoms with Gasteiger partial charge in [-0.15, -0.1) is 0 Å². The SMILES string of the molecule is O=S(=O)(NC(CNc1ccccc1)C1CC1)c1cc(Br)c(Cl)cc1F. The molecule has 0 bridgehead atoms. The summed E-state index contributed by atoms with van der Waals surface area (Å²) in [6, 6.07) is 11.4. The minimum atomic E-state index is -3.99. The lowest BCUT2D eigenvalue weighted by molar-refractivity contribution is 0.517. The van der Waals surface area contributed by atoms with Crippen molar-refractivity contribution in [3.8, 4) is 0 Å². The summed E-state index contributed by atoms with van der Waals surface area (Å²) in [5.74, 6) is -0.615. The third-order valence-electron chi connectivity index (χ3n) is 4.06. The number of benzene rings is 2. The number of sulfonamides is 1. The van der Waals surface area contributed by atoms with Gasteiger partial charge in [-0.25, -0.2) is 17.5 Å². The highest BCUT2D eigenvalue weighted by Crippen LogP contribution is 2.34. The topological polar surface area (TPSA) is 58.2 Å². The lowest BCUT2D eigenvalue weighted by Crippen LogP contribution is -2.41. The van der Waals surface area contributed by atoms with Crippen LogP contribution in [0.1, 0.15) is 12.8 Å². The van der Waals surface area contributed by atoms with Crippen LogP contribution in [-0.4, -0.2) is 21.0 Å². The van der Waals surface area contributed by atoms with Crippen molar-refractivity contribution in [2.24, 2.45) is 5.92 Å². The minimum absolute atomic E-state index is 0.126. The molecule has 3 rings (SSSR count). The summed E-state index contributed by atoms with van der Waals surface area (Å²) >= 11 is 8.95. The average molecular weight is 448 g/mol. The zero-order valence-electron chi connectivity index (χ0n) is 13.2. The Labute approximate surface area is 160 Å². The van der Waals surface area contributed by atoms with Crippen LogP contribution in [0.3, 0.4) is 0 Å². The Morgan fingerprint density at radius 2 is 1.92 bits per heavy atom. The molecule has 0 spiro atoms. The largest absolute Gasteiger partial charge is 0.383 e. The molecular weight excluding hydrogens is 431 g/mol. The van der Waals surface area contributed by atoms with Gasteiger partial charge in [0.1, 0.15) is 10.7 Å². The summed E-state index contributed by atoms with van der Waals surface area (Å²) in [4.78, 5) is -0.408. The maximum Gasteiger partial charge on any atom is 0.243 e. The molecule has 0 aliphatic heterocycles. The number of anilines is 1. The van der Waals surface area contributed by atoms with Crippen molar-refractivity contribution in [2.45, 2.75) is 23.8 Å². The van der Waals surface area contributed by atoms with E-state index in [0.717, 1.165) is 24.6 Å². The van der Waals surface area contributed by atoms with Crippen LogP contribution in [-0.2, 0) is 10.0 Å². The fraction of sp³-hybridized carbons (Fsp3) is 0.294. The fourth-order valence-electron chi connectivity index (χ4n) is 2.56. The van der Waals surface area contributed by atoms with E-state index in [0.29, 0.717) is 11.0 Å². The molecule has 0 amide bonds. The van der Waals surface area contributed by atoms with Crippen molar-refractivity contribution in [1.29, 1.82) is 0 Å². The second-order valence-corrected chi connectivity index (χ2v) is 8.95. The lowest BCUT2D eigenvalue weighted by Gasteiger charge is -2.20. The molecule has 25 heavy (non-hydrogen) atoms. The summed E-state index contributed by atoms with van der Waals surface area (Å²) < 4.78 is 42.3. The van der Waals surface area contributed by atoms with Gasteiger partial charge in [0, 0.05) is 22.7 Å². The highest BCUT2D eigenvalue weighted by atomic mass is 79.9. The van der Waals surface area contributed by atoms with E-state index in [4.69, 9.17) is 11.6 Å². The van der Waals surface area contributed by atoms with Gasteiger partial charge in [-0.3, -0.25) is 0 Å². The van der Waals surface area contributed by atoms with Gasteiger partial charge in [-0.2, -0.15) is 0 Å². The maximum absolute atomic E-state index is 14.1. The van der Waals surface area contributed by atoms with E-state index in [9.17, 15) is 12.8 Å². The molecule has 2 N–H and O–H groups in total. The van der Waals surface area contributed by atoms with E-state index in [2.05, 4.69) is 26.0 Å². The molecule has 0 saturated heterocycles. The molecular formula is C17H17BrClFN2O2S. The van der Waals surface area contributed by atoms with Crippen molar-refractivity contribution in [2.75, 3.05) is 11.9 Å². The van der Waals surface area contributed by atoms with Gasteiger partial charge in [0.15, 0.2) is 0 Å². The van der Waals surface area contributed by atoms with Gasteiger partial charge in [0.05, 0.1) is 5.02 Å². The summed E-state index contributed by atoms with van der Waals surface area (Å²) in [5, 5.41) is 3.35. The molecule has 1 saturated carbocycles. The van der Waals surface area contributed by atoms with Gasteiger partial charge in [0.2, 0.25) is 10.0 Å². The normalized spacial score (nSPS) is 15.8. The van der Waals surface area contributed by atoms with Crippen LogP contribution in [0.5, 0.6) is 0 Å². The van der Waals surface area contributed by atoms with Crippen LogP contribution in [0.4, 0.5) is 10.1 Å². The van der Waals surface area contributed by atoms with Crippen LogP contribution in [0.2, 0.25) is 5.02 Å². The number of para-hydroxylation sites is 1. The van der Waals surface area contributed by atoms with E-state index in [1.165, 1.54) is 6.07 Å².